The van der Waals surface area contributed by atoms with Gasteiger partial charge in [-0.05, 0) is 6.07 Å². The molecular weight excluding hydrogens is 261 g/mol. The largest absolute Gasteiger partial charge is 0.462 e. The zero-order valence-electron chi connectivity index (χ0n) is 8.85. The number of anilines is 1. The minimum atomic E-state index is -4.49. The summed E-state index contributed by atoms with van der Waals surface area (Å²) in [4.78, 5) is 11.2. The van der Waals surface area contributed by atoms with Crippen LogP contribution in [-0.2, 0) is 4.74 Å². The number of rotatable bonds is 3. The number of benzene rings is 1. The summed E-state index contributed by atoms with van der Waals surface area (Å²) in [5.41, 5.74) is 3.71. The Kier molecular flexibility index (Phi) is 4.10. The Balaban J connectivity index is 2.70. The molecular formula is C10H8F5NO2. The number of nitrogens with two attached hydrogens (primary N) is 1. The van der Waals surface area contributed by atoms with Gasteiger partial charge in [0.15, 0.2) is 0 Å². The third-order valence-corrected chi connectivity index (χ3v) is 1.92. The number of hydrogen-bond donors (Lipinski definition) is 1. The van der Waals surface area contributed by atoms with E-state index in [0.29, 0.717) is 12.1 Å². The minimum Gasteiger partial charge on any atom is -0.462 e. The predicted molar refractivity (Wildman–Crippen MR) is 51.7 cm³/mol. The van der Waals surface area contributed by atoms with Crippen molar-refractivity contribution in [3.63, 3.8) is 0 Å². The molecule has 0 heterocycles. The van der Waals surface area contributed by atoms with Crippen LogP contribution in [0.15, 0.2) is 12.1 Å². The molecule has 1 rings (SSSR count). The molecule has 1 aromatic rings. The summed E-state index contributed by atoms with van der Waals surface area (Å²) in [5.74, 6) is -3.60. The Morgan fingerprint density at radius 2 is 1.83 bits per heavy atom. The molecule has 2 N–H and O–H groups in total. The van der Waals surface area contributed by atoms with Gasteiger partial charge in [0.1, 0.15) is 18.2 Å². The maximum absolute atomic E-state index is 13.2. The molecule has 0 atom stereocenters. The standard InChI is InChI=1S/C10H8F5NO2/c11-6-4-8(16)7(12)3-5(6)9(17)18-2-1-10(13,14)15/h3-4H,1-2,16H2. The van der Waals surface area contributed by atoms with E-state index < -0.39 is 48.1 Å². The monoisotopic (exact) mass is 269 g/mol. The van der Waals surface area contributed by atoms with Crippen molar-refractivity contribution in [2.75, 3.05) is 12.3 Å². The lowest BCUT2D eigenvalue weighted by Gasteiger charge is -2.08. The van der Waals surface area contributed by atoms with E-state index in [4.69, 9.17) is 5.73 Å². The molecule has 3 nitrogen and oxygen atoms in total. The summed E-state index contributed by atoms with van der Waals surface area (Å²) >= 11 is 0. The molecule has 1 aromatic carbocycles. The van der Waals surface area contributed by atoms with Crippen LogP contribution in [-0.4, -0.2) is 18.8 Å². The number of nitrogen functional groups attached to an aromatic ring is 1. The SMILES string of the molecule is Nc1cc(F)c(C(=O)OCCC(F)(F)F)cc1F. The van der Waals surface area contributed by atoms with E-state index in [0.717, 1.165) is 0 Å². The van der Waals surface area contributed by atoms with Gasteiger partial charge in [-0.15, -0.1) is 0 Å². The van der Waals surface area contributed by atoms with Gasteiger partial charge in [-0.1, -0.05) is 0 Å². The number of hydrogen-bond acceptors (Lipinski definition) is 3. The van der Waals surface area contributed by atoms with Gasteiger partial charge in [0.25, 0.3) is 0 Å². The van der Waals surface area contributed by atoms with E-state index in [2.05, 4.69) is 4.74 Å². The Hall–Kier alpha value is -1.86. The molecule has 0 bridgehead atoms. The first kappa shape index (κ1) is 14.2. The zero-order valence-corrected chi connectivity index (χ0v) is 8.85. The fourth-order valence-corrected chi connectivity index (χ4v) is 1.06. The molecule has 0 saturated heterocycles. The fraction of sp³-hybridized carbons (Fsp3) is 0.300. The number of carbonyl (C=O) groups is 1. The van der Waals surface area contributed by atoms with E-state index in [1.54, 1.807) is 0 Å². The summed E-state index contributed by atoms with van der Waals surface area (Å²) in [5, 5.41) is 0. The van der Waals surface area contributed by atoms with Gasteiger partial charge >= 0.3 is 12.1 Å². The quantitative estimate of drug-likeness (QED) is 0.521. The van der Waals surface area contributed by atoms with Crippen LogP contribution in [0.25, 0.3) is 0 Å². The molecule has 8 heteroatoms. The Labute approximate surface area is 98.3 Å². The van der Waals surface area contributed by atoms with Gasteiger partial charge in [-0.25, -0.2) is 13.6 Å². The summed E-state index contributed by atoms with van der Waals surface area (Å²) in [6.07, 6.45) is -5.86. The predicted octanol–water partition coefficient (Wildman–Crippen LogP) is 2.66. The summed E-state index contributed by atoms with van der Waals surface area (Å²) in [6, 6.07) is 1.02. The van der Waals surface area contributed by atoms with Crippen molar-refractivity contribution in [2.45, 2.75) is 12.6 Å². The molecule has 0 aliphatic rings. The van der Waals surface area contributed by atoms with Crippen molar-refractivity contribution in [1.82, 2.24) is 0 Å². The van der Waals surface area contributed by atoms with Crippen molar-refractivity contribution < 1.29 is 31.5 Å². The van der Waals surface area contributed by atoms with E-state index in [1.807, 2.05) is 0 Å². The molecule has 0 aromatic heterocycles. The topological polar surface area (TPSA) is 52.3 Å². The van der Waals surface area contributed by atoms with Crippen LogP contribution in [0.3, 0.4) is 0 Å². The van der Waals surface area contributed by atoms with Crippen LogP contribution < -0.4 is 5.73 Å². The van der Waals surface area contributed by atoms with Crippen molar-refractivity contribution in [3.05, 3.63) is 29.3 Å². The molecule has 0 saturated carbocycles. The van der Waals surface area contributed by atoms with Gasteiger partial charge in [0.05, 0.1) is 17.7 Å². The summed E-state index contributed by atoms with van der Waals surface area (Å²) < 4.78 is 65.6. The Morgan fingerprint density at radius 1 is 1.22 bits per heavy atom. The van der Waals surface area contributed by atoms with Crippen molar-refractivity contribution >= 4 is 11.7 Å². The minimum absolute atomic E-state index is 0.473. The highest BCUT2D eigenvalue weighted by Gasteiger charge is 2.27. The average Bonchev–Trinajstić information content (AvgIpc) is 2.21. The summed E-state index contributed by atoms with van der Waals surface area (Å²) in [6.45, 7) is -0.965. The highest BCUT2D eigenvalue weighted by molar-refractivity contribution is 5.90. The van der Waals surface area contributed by atoms with Gasteiger partial charge in [0, 0.05) is 6.07 Å². The molecule has 100 valence electrons. The van der Waals surface area contributed by atoms with E-state index >= 15 is 0 Å². The Morgan fingerprint density at radius 3 is 2.39 bits per heavy atom. The van der Waals surface area contributed by atoms with Crippen molar-refractivity contribution in [2.24, 2.45) is 0 Å². The summed E-state index contributed by atoms with van der Waals surface area (Å²) in [7, 11) is 0. The van der Waals surface area contributed by atoms with E-state index in [9.17, 15) is 26.7 Å². The first-order valence-corrected chi connectivity index (χ1v) is 4.69. The highest BCUT2D eigenvalue weighted by atomic mass is 19.4. The van der Waals surface area contributed by atoms with Crippen LogP contribution in [0.4, 0.5) is 27.6 Å². The van der Waals surface area contributed by atoms with Gasteiger partial charge in [-0.2, -0.15) is 13.2 Å². The molecule has 0 unspecified atom stereocenters. The smallest absolute Gasteiger partial charge is 0.392 e. The van der Waals surface area contributed by atoms with Gasteiger partial charge in [-0.3, -0.25) is 0 Å². The number of carbonyl (C=O) groups excluding carboxylic acids is 1. The van der Waals surface area contributed by atoms with Gasteiger partial charge < -0.3 is 10.5 Å². The number of ether oxygens (including phenoxy) is 1. The lowest BCUT2D eigenvalue weighted by atomic mass is 10.2. The van der Waals surface area contributed by atoms with Crippen LogP contribution in [0.5, 0.6) is 0 Å². The fourth-order valence-electron chi connectivity index (χ4n) is 1.06. The maximum Gasteiger partial charge on any atom is 0.392 e. The third-order valence-electron chi connectivity index (χ3n) is 1.92. The van der Waals surface area contributed by atoms with E-state index in [1.165, 1.54) is 0 Å². The van der Waals surface area contributed by atoms with E-state index in [-0.39, 0.29) is 0 Å². The molecule has 0 amide bonds. The van der Waals surface area contributed by atoms with Crippen LogP contribution in [0.2, 0.25) is 0 Å². The first-order valence-electron chi connectivity index (χ1n) is 4.69. The Bertz CT molecular complexity index is 458. The van der Waals surface area contributed by atoms with Crippen LogP contribution in [0.1, 0.15) is 16.8 Å². The van der Waals surface area contributed by atoms with Crippen LogP contribution >= 0.6 is 0 Å². The maximum atomic E-state index is 13.2. The second-order valence-electron chi connectivity index (χ2n) is 3.35. The van der Waals surface area contributed by atoms with Crippen molar-refractivity contribution in [1.29, 1.82) is 0 Å². The van der Waals surface area contributed by atoms with Crippen molar-refractivity contribution in [3.8, 4) is 0 Å². The normalized spacial score (nSPS) is 11.4. The molecule has 0 aliphatic heterocycles. The number of halogens is 5. The van der Waals surface area contributed by atoms with Crippen LogP contribution in [0, 0.1) is 11.6 Å². The molecule has 18 heavy (non-hydrogen) atoms. The lowest BCUT2D eigenvalue weighted by molar-refractivity contribution is -0.141. The molecule has 0 aliphatic carbocycles. The second kappa shape index (κ2) is 5.19. The lowest BCUT2D eigenvalue weighted by Crippen LogP contribution is -2.15. The number of esters is 1. The molecule has 0 radical (unpaired) electrons. The van der Waals surface area contributed by atoms with Gasteiger partial charge in [0.2, 0.25) is 0 Å². The number of alkyl halides is 3. The first-order chi connectivity index (χ1) is 8.20. The zero-order chi connectivity index (χ0) is 13.9. The third kappa shape index (κ3) is 3.86. The molecule has 0 fully saturated rings. The highest BCUT2D eigenvalue weighted by Crippen LogP contribution is 2.20. The molecule has 0 spiro atoms. The average molecular weight is 269 g/mol. The second-order valence-corrected chi connectivity index (χ2v) is 3.35.